The summed E-state index contributed by atoms with van der Waals surface area (Å²) in [5, 5.41) is 0.142. The Labute approximate surface area is 123 Å². The third-order valence-electron chi connectivity index (χ3n) is 3.65. The van der Waals surface area contributed by atoms with Crippen molar-refractivity contribution >= 4 is 8.32 Å². The monoisotopic (exact) mass is 298 g/mol. The van der Waals surface area contributed by atoms with Crippen LogP contribution in [0, 0.1) is 0 Å². The lowest BCUT2D eigenvalue weighted by Gasteiger charge is -2.36. The Morgan fingerprint density at radius 2 is 1.70 bits per heavy atom. The van der Waals surface area contributed by atoms with Crippen LogP contribution in [0.25, 0.3) is 0 Å². The summed E-state index contributed by atoms with van der Waals surface area (Å²) in [5.74, 6) is 2.15. The van der Waals surface area contributed by atoms with E-state index in [0.717, 1.165) is 5.75 Å². The van der Waals surface area contributed by atoms with Gasteiger partial charge in [-0.3, -0.25) is 0 Å². The largest absolute Gasteiger partial charge is 0.541 e. The van der Waals surface area contributed by atoms with E-state index in [2.05, 4.69) is 33.9 Å². The number of hydrogen-bond acceptors (Lipinski definition) is 4. The standard InChI is InChI=1S/C15H26O4Si/c1-15(2,3)20(6,7)19-13-9-8-12(18-11-16-4)10-14(13)17-5/h8-10H,11H2,1-7H3. The van der Waals surface area contributed by atoms with Gasteiger partial charge in [0.15, 0.2) is 12.5 Å². The van der Waals surface area contributed by atoms with Gasteiger partial charge in [-0.2, -0.15) is 0 Å². The molecule has 0 saturated heterocycles. The first-order valence-electron chi connectivity index (χ1n) is 6.70. The first-order valence-corrected chi connectivity index (χ1v) is 9.61. The second-order valence-corrected chi connectivity index (χ2v) is 11.0. The van der Waals surface area contributed by atoms with E-state index in [4.69, 9.17) is 18.6 Å². The third kappa shape index (κ3) is 4.15. The van der Waals surface area contributed by atoms with Gasteiger partial charge in [0.25, 0.3) is 8.32 Å². The predicted octanol–water partition coefficient (Wildman–Crippen LogP) is 4.06. The van der Waals surface area contributed by atoms with E-state index in [1.807, 2.05) is 18.2 Å². The lowest BCUT2D eigenvalue weighted by Crippen LogP contribution is -2.43. The molecule has 0 saturated carbocycles. The Hall–Kier alpha value is -1.20. The summed E-state index contributed by atoms with van der Waals surface area (Å²) in [5.41, 5.74) is 0. The van der Waals surface area contributed by atoms with Crippen molar-refractivity contribution in [1.82, 2.24) is 0 Å². The Morgan fingerprint density at radius 3 is 2.20 bits per heavy atom. The Balaban J connectivity index is 2.96. The van der Waals surface area contributed by atoms with Gasteiger partial charge in [0, 0.05) is 13.2 Å². The van der Waals surface area contributed by atoms with Crippen LogP contribution in [0.4, 0.5) is 0 Å². The average molecular weight is 298 g/mol. The third-order valence-corrected chi connectivity index (χ3v) is 7.99. The van der Waals surface area contributed by atoms with E-state index in [-0.39, 0.29) is 11.8 Å². The Bertz CT molecular complexity index is 438. The molecule has 0 heterocycles. The summed E-state index contributed by atoms with van der Waals surface area (Å²) >= 11 is 0. The summed E-state index contributed by atoms with van der Waals surface area (Å²) in [6, 6.07) is 5.58. The van der Waals surface area contributed by atoms with E-state index in [1.165, 1.54) is 0 Å². The fourth-order valence-corrected chi connectivity index (χ4v) is 2.40. The van der Waals surface area contributed by atoms with Gasteiger partial charge in [0.1, 0.15) is 11.5 Å². The summed E-state index contributed by atoms with van der Waals surface area (Å²) in [7, 11) is 1.34. The molecule has 114 valence electrons. The molecule has 0 N–H and O–H groups in total. The van der Waals surface area contributed by atoms with Gasteiger partial charge in [-0.15, -0.1) is 0 Å². The average Bonchev–Trinajstić information content (AvgIpc) is 2.35. The van der Waals surface area contributed by atoms with Crippen molar-refractivity contribution in [2.45, 2.75) is 38.9 Å². The van der Waals surface area contributed by atoms with Crippen LogP contribution in [-0.2, 0) is 4.74 Å². The van der Waals surface area contributed by atoms with E-state index in [0.29, 0.717) is 11.5 Å². The molecule has 0 atom stereocenters. The molecule has 0 aliphatic carbocycles. The molecule has 20 heavy (non-hydrogen) atoms. The van der Waals surface area contributed by atoms with Crippen molar-refractivity contribution in [3.05, 3.63) is 18.2 Å². The number of methoxy groups -OCH3 is 2. The van der Waals surface area contributed by atoms with E-state index in [1.54, 1.807) is 14.2 Å². The summed E-state index contributed by atoms with van der Waals surface area (Å²) in [6.45, 7) is 11.3. The zero-order valence-electron chi connectivity index (χ0n) is 13.6. The molecule has 4 nitrogen and oxygen atoms in total. The molecule has 0 unspecified atom stereocenters. The van der Waals surface area contributed by atoms with Crippen LogP contribution in [0.2, 0.25) is 18.1 Å². The molecule has 0 bridgehead atoms. The summed E-state index contributed by atoms with van der Waals surface area (Å²) in [6.07, 6.45) is 0. The highest BCUT2D eigenvalue weighted by atomic mass is 28.4. The van der Waals surface area contributed by atoms with Gasteiger partial charge >= 0.3 is 0 Å². The van der Waals surface area contributed by atoms with Gasteiger partial charge in [-0.25, -0.2) is 0 Å². The van der Waals surface area contributed by atoms with Crippen molar-refractivity contribution in [2.75, 3.05) is 21.0 Å². The van der Waals surface area contributed by atoms with Crippen molar-refractivity contribution in [2.24, 2.45) is 0 Å². The molecule has 0 spiro atoms. The number of rotatable bonds is 6. The molecule has 0 radical (unpaired) electrons. The molecule has 1 aromatic carbocycles. The van der Waals surface area contributed by atoms with Crippen molar-refractivity contribution in [1.29, 1.82) is 0 Å². The van der Waals surface area contributed by atoms with Gasteiger partial charge < -0.3 is 18.6 Å². The molecular weight excluding hydrogens is 272 g/mol. The maximum Gasteiger partial charge on any atom is 0.250 e. The van der Waals surface area contributed by atoms with Crippen molar-refractivity contribution in [3.63, 3.8) is 0 Å². The van der Waals surface area contributed by atoms with Gasteiger partial charge in [0.05, 0.1) is 7.11 Å². The Morgan fingerprint density at radius 1 is 1.05 bits per heavy atom. The first-order chi connectivity index (χ1) is 9.21. The predicted molar refractivity (Wildman–Crippen MR) is 83.3 cm³/mol. The molecule has 1 aromatic rings. The van der Waals surface area contributed by atoms with Crippen LogP contribution in [0.1, 0.15) is 20.8 Å². The minimum atomic E-state index is -1.88. The fraction of sp³-hybridized carbons (Fsp3) is 0.600. The molecule has 0 aromatic heterocycles. The maximum absolute atomic E-state index is 6.27. The SMILES string of the molecule is COCOc1ccc(O[Si](C)(C)C(C)(C)C)c(OC)c1. The molecule has 0 fully saturated rings. The zero-order chi connectivity index (χ0) is 15.4. The molecule has 0 aliphatic rings. The lowest BCUT2D eigenvalue weighted by atomic mass is 10.2. The van der Waals surface area contributed by atoms with Gasteiger partial charge in [-0.05, 0) is 30.3 Å². The van der Waals surface area contributed by atoms with E-state index >= 15 is 0 Å². The van der Waals surface area contributed by atoms with Crippen LogP contribution in [-0.4, -0.2) is 29.3 Å². The zero-order valence-corrected chi connectivity index (χ0v) is 14.6. The molecular formula is C15H26O4Si. The highest BCUT2D eigenvalue weighted by Crippen LogP contribution is 2.40. The van der Waals surface area contributed by atoms with Crippen LogP contribution >= 0.6 is 0 Å². The minimum absolute atomic E-state index is 0.142. The fourth-order valence-electron chi connectivity index (χ4n) is 1.38. The van der Waals surface area contributed by atoms with Gasteiger partial charge in [-0.1, -0.05) is 20.8 Å². The first kappa shape index (κ1) is 16.9. The van der Waals surface area contributed by atoms with Crippen LogP contribution in [0.3, 0.4) is 0 Å². The number of ether oxygens (including phenoxy) is 3. The Kier molecular flexibility index (Phi) is 5.47. The normalized spacial score (nSPS) is 12.2. The van der Waals surface area contributed by atoms with Crippen LogP contribution in [0.5, 0.6) is 17.2 Å². The minimum Gasteiger partial charge on any atom is -0.541 e. The topological polar surface area (TPSA) is 36.9 Å². The summed E-state index contributed by atoms with van der Waals surface area (Å²) < 4.78 is 22.0. The van der Waals surface area contributed by atoms with Crippen LogP contribution < -0.4 is 13.9 Å². The summed E-state index contributed by atoms with van der Waals surface area (Å²) in [4.78, 5) is 0. The second-order valence-electron chi connectivity index (χ2n) is 6.23. The van der Waals surface area contributed by atoms with E-state index < -0.39 is 8.32 Å². The lowest BCUT2D eigenvalue weighted by molar-refractivity contribution is 0.0509. The smallest absolute Gasteiger partial charge is 0.250 e. The molecule has 5 heteroatoms. The highest BCUT2D eigenvalue weighted by molar-refractivity contribution is 6.74. The highest BCUT2D eigenvalue weighted by Gasteiger charge is 2.39. The molecule has 0 amide bonds. The molecule has 1 rings (SSSR count). The van der Waals surface area contributed by atoms with Crippen molar-refractivity contribution < 1.29 is 18.6 Å². The van der Waals surface area contributed by atoms with Crippen molar-refractivity contribution in [3.8, 4) is 17.2 Å². The van der Waals surface area contributed by atoms with Gasteiger partial charge in [0.2, 0.25) is 0 Å². The second kappa shape index (κ2) is 6.50. The number of benzene rings is 1. The van der Waals surface area contributed by atoms with Crippen LogP contribution in [0.15, 0.2) is 18.2 Å². The quantitative estimate of drug-likeness (QED) is 0.586. The molecule has 0 aliphatic heterocycles. The number of hydrogen-bond donors (Lipinski definition) is 0. The van der Waals surface area contributed by atoms with E-state index in [9.17, 15) is 0 Å². The maximum atomic E-state index is 6.27.